The molecule has 1 amide bonds. The monoisotopic (exact) mass is 288 g/mol. The van der Waals surface area contributed by atoms with Crippen LogP contribution in [0.4, 0.5) is 5.69 Å². The largest absolute Gasteiger partial charge is 0.399 e. The summed E-state index contributed by atoms with van der Waals surface area (Å²) < 4.78 is 0. The molecule has 0 heterocycles. The summed E-state index contributed by atoms with van der Waals surface area (Å²) in [5, 5.41) is 0. The van der Waals surface area contributed by atoms with Gasteiger partial charge in [-0.3, -0.25) is 4.79 Å². The zero-order chi connectivity index (χ0) is 15.5. The number of nitrogen functional groups attached to an aromatic ring is 1. The van der Waals surface area contributed by atoms with E-state index in [1.165, 1.54) is 18.4 Å². The highest BCUT2D eigenvalue weighted by Gasteiger charge is 2.30. The van der Waals surface area contributed by atoms with Gasteiger partial charge in [0.2, 0.25) is 5.91 Å². The SMILES string of the molecule is CN(C(=O)CCc1ccc(N)cc1)C1CCC(C)(C)CC1. The average Bonchev–Trinajstić information content (AvgIpc) is 2.45. The molecule has 0 atom stereocenters. The maximum atomic E-state index is 12.3. The molecule has 1 fully saturated rings. The van der Waals surface area contributed by atoms with Crippen molar-refractivity contribution in [2.24, 2.45) is 5.41 Å². The van der Waals surface area contributed by atoms with Crippen molar-refractivity contribution in [3.05, 3.63) is 29.8 Å². The van der Waals surface area contributed by atoms with Crippen molar-refractivity contribution in [2.45, 2.75) is 58.4 Å². The molecule has 21 heavy (non-hydrogen) atoms. The molecular formula is C18H28N2O. The minimum atomic E-state index is 0.261. The Morgan fingerprint density at radius 2 is 1.81 bits per heavy atom. The Labute approximate surface area is 128 Å². The van der Waals surface area contributed by atoms with Crippen LogP contribution in [0.1, 0.15) is 51.5 Å². The quantitative estimate of drug-likeness (QED) is 0.860. The molecule has 0 saturated heterocycles. The second-order valence-corrected chi connectivity index (χ2v) is 7.14. The summed E-state index contributed by atoms with van der Waals surface area (Å²) in [6.45, 7) is 4.65. The third-order valence-electron chi connectivity index (χ3n) is 4.86. The standard InChI is InChI=1S/C18H28N2O/c1-18(2)12-10-16(11-13-18)20(3)17(21)9-6-14-4-7-15(19)8-5-14/h4-5,7-8,16H,6,9-13,19H2,1-3H3. The lowest BCUT2D eigenvalue weighted by Gasteiger charge is -2.38. The predicted molar refractivity (Wildman–Crippen MR) is 88.0 cm³/mol. The molecule has 1 aromatic rings. The number of anilines is 1. The number of carbonyl (C=O) groups is 1. The molecule has 2 rings (SSSR count). The predicted octanol–water partition coefficient (Wildman–Crippen LogP) is 3.63. The summed E-state index contributed by atoms with van der Waals surface area (Å²) in [6, 6.07) is 8.23. The molecule has 2 N–H and O–H groups in total. The van der Waals surface area contributed by atoms with Crippen molar-refractivity contribution in [3.63, 3.8) is 0 Å². The lowest BCUT2D eigenvalue weighted by atomic mass is 9.75. The highest BCUT2D eigenvalue weighted by Crippen LogP contribution is 2.36. The van der Waals surface area contributed by atoms with Crippen molar-refractivity contribution in [3.8, 4) is 0 Å². The summed E-state index contributed by atoms with van der Waals surface area (Å²) in [4.78, 5) is 14.3. The van der Waals surface area contributed by atoms with Crippen LogP contribution in [-0.4, -0.2) is 23.9 Å². The molecule has 1 saturated carbocycles. The molecule has 0 bridgehead atoms. The molecule has 3 nitrogen and oxygen atoms in total. The molecule has 116 valence electrons. The second-order valence-electron chi connectivity index (χ2n) is 7.14. The maximum absolute atomic E-state index is 12.3. The molecule has 1 aliphatic rings. The lowest BCUT2D eigenvalue weighted by Crippen LogP contribution is -2.40. The number of benzene rings is 1. The van der Waals surface area contributed by atoms with Gasteiger partial charge in [-0.25, -0.2) is 0 Å². The average molecular weight is 288 g/mol. The van der Waals surface area contributed by atoms with Gasteiger partial charge in [-0.05, 0) is 55.2 Å². The minimum absolute atomic E-state index is 0.261. The van der Waals surface area contributed by atoms with Crippen LogP contribution in [0.3, 0.4) is 0 Å². The number of nitrogens with zero attached hydrogens (tertiary/aromatic N) is 1. The van der Waals surface area contributed by atoms with E-state index in [1.54, 1.807) is 0 Å². The van der Waals surface area contributed by atoms with Gasteiger partial charge in [-0.1, -0.05) is 26.0 Å². The molecule has 1 aliphatic carbocycles. The zero-order valence-electron chi connectivity index (χ0n) is 13.6. The van der Waals surface area contributed by atoms with E-state index in [0.717, 1.165) is 24.9 Å². The van der Waals surface area contributed by atoms with Gasteiger partial charge in [0, 0.05) is 25.2 Å². The number of rotatable bonds is 4. The Balaban J connectivity index is 1.81. The topological polar surface area (TPSA) is 46.3 Å². The van der Waals surface area contributed by atoms with Crippen molar-refractivity contribution >= 4 is 11.6 Å². The van der Waals surface area contributed by atoms with Crippen LogP contribution in [0.5, 0.6) is 0 Å². The number of hydrogen-bond acceptors (Lipinski definition) is 2. The highest BCUT2D eigenvalue weighted by molar-refractivity contribution is 5.76. The van der Waals surface area contributed by atoms with Gasteiger partial charge in [-0.2, -0.15) is 0 Å². The lowest BCUT2D eigenvalue weighted by molar-refractivity contribution is -0.132. The number of carbonyl (C=O) groups excluding carboxylic acids is 1. The number of nitrogens with two attached hydrogens (primary N) is 1. The van der Waals surface area contributed by atoms with Crippen molar-refractivity contribution in [2.75, 3.05) is 12.8 Å². The molecular weight excluding hydrogens is 260 g/mol. The zero-order valence-corrected chi connectivity index (χ0v) is 13.6. The summed E-state index contributed by atoms with van der Waals surface area (Å²) in [5.74, 6) is 0.261. The number of aryl methyl sites for hydroxylation is 1. The molecule has 0 unspecified atom stereocenters. The van der Waals surface area contributed by atoms with Crippen molar-refractivity contribution < 1.29 is 4.79 Å². The summed E-state index contributed by atoms with van der Waals surface area (Å²) in [7, 11) is 1.97. The van der Waals surface area contributed by atoms with E-state index in [4.69, 9.17) is 5.73 Å². The first-order chi connectivity index (χ1) is 9.87. The van der Waals surface area contributed by atoms with E-state index in [9.17, 15) is 4.79 Å². The second kappa shape index (κ2) is 6.50. The first kappa shape index (κ1) is 15.9. The van der Waals surface area contributed by atoms with Crippen LogP contribution in [0.25, 0.3) is 0 Å². The minimum Gasteiger partial charge on any atom is -0.399 e. The summed E-state index contributed by atoms with van der Waals surface area (Å²) in [6.07, 6.45) is 6.08. The molecule has 3 heteroatoms. The van der Waals surface area contributed by atoms with Crippen LogP contribution >= 0.6 is 0 Å². The van der Waals surface area contributed by atoms with E-state index >= 15 is 0 Å². The van der Waals surface area contributed by atoms with Crippen LogP contribution in [-0.2, 0) is 11.2 Å². The van der Waals surface area contributed by atoms with Gasteiger partial charge in [0.05, 0.1) is 0 Å². The number of hydrogen-bond donors (Lipinski definition) is 1. The van der Waals surface area contributed by atoms with Crippen LogP contribution in [0, 0.1) is 5.41 Å². The fraction of sp³-hybridized carbons (Fsp3) is 0.611. The molecule has 0 spiro atoms. The van der Waals surface area contributed by atoms with Gasteiger partial charge in [0.25, 0.3) is 0 Å². The fourth-order valence-corrected chi connectivity index (χ4v) is 3.09. The molecule has 1 aromatic carbocycles. The highest BCUT2D eigenvalue weighted by atomic mass is 16.2. The Hall–Kier alpha value is -1.51. The van der Waals surface area contributed by atoms with E-state index in [1.807, 2.05) is 36.2 Å². The van der Waals surface area contributed by atoms with Gasteiger partial charge in [-0.15, -0.1) is 0 Å². The Morgan fingerprint density at radius 1 is 1.24 bits per heavy atom. The maximum Gasteiger partial charge on any atom is 0.222 e. The van der Waals surface area contributed by atoms with Gasteiger partial charge in [0.1, 0.15) is 0 Å². The van der Waals surface area contributed by atoms with Crippen molar-refractivity contribution in [1.29, 1.82) is 0 Å². The first-order valence-corrected chi connectivity index (χ1v) is 7.97. The summed E-state index contributed by atoms with van der Waals surface area (Å²) >= 11 is 0. The molecule has 0 aliphatic heterocycles. The van der Waals surface area contributed by atoms with Gasteiger partial charge < -0.3 is 10.6 Å². The Bertz CT molecular complexity index is 468. The smallest absolute Gasteiger partial charge is 0.222 e. The third kappa shape index (κ3) is 4.48. The fourth-order valence-electron chi connectivity index (χ4n) is 3.09. The van der Waals surface area contributed by atoms with Gasteiger partial charge in [0.15, 0.2) is 0 Å². The third-order valence-corrected chi connectivity index (χ3v) is 4.86. The molecule has 0 aromatic heterocycles. The number of amides is 1. The Kier molecular flexibility index (Phi) is 4.92. The van der Waals surface area contributed by atoms with Crippen molar-refractivity contribution in [1.82, 2.24) is 4.90 Å². The van der Waals surface area contributed by atoms with E-state index in [0.29, 0.717) is 17.9 Å². The normalized spacial score (nSPS) is 18.4. The Morgan fingerprint density at radius 3 is 2.38 bits per heavy atom. The van der Waals surface area contributed by atoms with E-state index < -0.39 is 0 Å². The van der Waals surface area contributed by atoms with E-state index in [2.05, 4.69) is 13.8 Å². The van der Waals surface area contributed by atoms with Gasteiger partial charge >= 0.3 is 0 Å². The summed E-state index contributed by atoms with van der Waals surface area (Å²) in [5.41, 5.74) is 8.07. The molecule has 0 radical (unpaired) electrons. The van der Waals surface area contributed by atoms with Crippen LogP contribution in [0.2, 0.25) is 0 Å². The van der Waals surface area contributed by atoms with Crippen LogP contribution in [0.15, 0.2) is 24.3 Å². The van der Waals surface area contributed by atoms with Crippen LogP contribution < -0.4 is 5.73 Å². The first-order valence-electron chi connectivity index (χ1n) is 7.97. The van der Waals surface area contributed by atoms with E-state index in [-0.39, 0.29) is 5.91 Å².